The van der Waals surface area contributed by atoms with E-state index in [-0.39, 0.29) is 17.7 Å². The molecule has 1 saturated heterocycles. The number of nitrogens with one attached hydrogen (secondary N) is 1. The minimum Gasteiger partial charge on any atom is -0.383 e. The first kappa shape index (κ1) is 17.0. The molecule has 0 saturated carbocycles. The Kier molecular flexibility index (Phi) is 6.86. The van der Waals surface area contributed by atoms with E-state index in [0.717, 1.165) is 45.4 Å². The minimum atomic E-state index is 0.0224. The molecule has 124 valence electrons. The third-order valence-corrected chi connectivity index (χ3v) is 4.30. The Morgan fingerprint density at radius 2 is 2.00 bits per heavy atom. The number of amides is 2. The van der Waals surface area contributed by atoms with Crippen molar-refractivity contribution in [3.05, 3.63) is 12.2 Å². The third kappa shape index (κ3) is 5.10. The van der Waals surface area contributed by atoms with Gasteiger partial charge in [0.15, 0.2) is 0 Å². The fourth-order valence-electron chi connectivity index (χ4n) is 2.95. The first-order chi connectivity index (χ1) is 10.7. The molecule has 1 atom stereocenters. The molecule has 1 N–H and O–H groups in total. The predicted octanol–water partition coefficient (Wildman–Crippen LogP) is 0.250. The predicted molar refractivity (Wildman–Crippen MR) is 84.4 cm³/mol. The quantitative estimate of drug-likeness (QED) is 0.564. The van der Waals surface area contributed by atoms with E-state index in [0.29, 0.717) is 19.7 Å². The standard InChI is InChI=1S/C16H27N3O3/c1-22-12-7-17-15(20)13-18-8-10-19(11-9-18)16(21)14-5-3-2-4-6-14/h2-3,14H,4-13H2,1H3,(H,17,20). The topological polar surface area (TPSA) is 61.9 Å². The van der Waals surface area contributed by atoms with Crippen LogP contribution in [0.4, 0.5) is 0 Å². The Bertz CT molecular complexity index is 403. The van der Waals surface area contributed by atoms with Crippen LogP contribution in [-0.2, 0) is 14.3 Å². The molecule has 0 aromatic carbocycles. The molecule has 1 heterocycles. The summed E-state index contributed by atoms with van der Waals surface area (Å²) < 4.78 is 4.90. The molecule has 22 heavy (non-hydrogen) atoms. The average Bonchev–Trinajstić information content (AvgIpc) is 2.56. The van der Waals surface area contributed by atoms with Crippen LogP contribution >= 0.6 is 0 Å². The van der Waals surface area contributed by atoms with Gasteiger partial charge in [0.25, 0.3) is 0 Å². The summed E-state index contributed by atoms with van der Waals surface area (Å²) in [5.41, 5.74) is 0. The zero-order chi connectivity index (χ0) is 15.8. The minimum absolute atomic E-state index is 0.0224. The number of carbonyl (C=O) groups is 2. The molecule has 6 heteroatoms. The smallest absolute Gasteiger partial charge is 0.234 e. The average molecular weight is 309 g/mol. The fourth-order valence-corrected chi connectivity index (χ4v) is 2.95. The normalized spacial score (nSPS) is 22.6. The van der Waals surface area contributed by atoms with Crippen molar-refractivity contribution in [3.63, 3.8) is 0 Å². The van der Waals surface area contributed by atoms with Gasteiger partial charge in [-0.3, -0.25) is 14.5 Å². The van der Waals surface area contributed by atoms with Crippen LogP contribution in [0.5, 0.6) is 0 Å². The van der Waals surface area contributed by atoms with Crippen molar-refractivity contribution in [2.24, 2.45) is 5.92 Å². The van der Waals surface area contributed by atoms with Crippen molar-refractivity contribution >= 4 is 11.8 Å². The van der Waals surface area contributed by atoms with Crippen LogP contribution in [-0.4, -0.2) is 74.6 Å². The Balaban J connectivity index is 1.67. The molecule has 1 fully saturated rings. The van der Waals surface area contributed by atoms with Crippen molar-refractivity contribution in [3.8, 4) is 0 Å². The molecule has 0 radical (unpaired) electrons. The second-order valence-electron chi connectivity index (χ2n) is 5.93. The summed E-state index contributed by atoms with van der Waals surface area (Å²) in [4.78, 5) is 28.3. The molecule has 1 aliphatic carbocycles. The monoisotopic (exact) mass is 309 g/mol. The number of hydrogen-bond donors (Lipinski definition) is 1. The van der Waals surface area contributed by atoms with Crippen LogP contribution in [0.25, 0.3) is 0 Å². The lowest BCUT2D eigenvalue weighted by atomic mass is 9.93. The van der Waals surface area contributed by atoms with Crippen molar-refractivity contribution in [1.82, 2.24) is 15.1 Å². The van der Waals surface area contributed by atoms with Gasteiger partial charge < -0.3 is 15.0 Å². The highest BCUT2D eigenvalue weighted by Gasteiger charge is 2.27. The van der Waals surface area contributed by atoms with E-state index in [9.17, 15) is 9.59 Å². The van der Waals surface area contributed by atoms with Crippen molar-refractivity contribution in [2.75, 3.05) is 53.0 Å². The van der Waals surface area contributed by atoms with Gasteiger partial charge in [0.1, 0.15) is 0 Å². The van der Waals surface area contributed by atoms with E-state index in [1.165, 1.54) is 0 Å². The lowest BCUT2D eigenvalue weighted by Gasteiger charge is -2.36. The van der Waals surface area contributed by atoms with Crippen LogP contribution in [0.1, 0.15) is 19.3 Å². The van der Waals surface area contributed by atoms with Crippen LogP contribution in [0.3, 0.4) is 0 Å². The maximum absolute atomic E-state index is 12.4. The van der Waals surface area contributed by atoms with Gasteiger partial charge in [-0.1, -0.05) is 12.2 Å². The summed E-state index contributed by atoms with van der Waals surface area (Å²) in [6, 6.07) is 0. The second-order valence-corrected chi connectivity index (χ2v) is 5.93. The van der Waals surface area contributed by atoms with Crippen LogP contribution in [0.2, 0.25) is 0 Å². The molecule has 2 amide bonds. The molecule has 2 aliphatic rings. The highest BCUT2D eigenvalue weighted by Crippen LogP contribution is 2.21. The Labute approximate surface area is 132 Å². The van der Waals surface area contributed by atoms with Gasteiger partial charge in [0.05, 0.1) is 13.2 Å². The third-order valence-electron chi connectivity index (χ3n) is 4.30. The van der Waals surface area contributed by atoms with E-state index < -0.39 is 0 Å². The number of carbonyl (C=O) groups excluding carboxylic acids is 2. The number of methoxy groups -OCH3 is 1. The SMILES string of the molecule is COCCNC(=O)CN1CCN(C(=O)C2CC=CCC2)CC1. The summed E-state index contributed by atoms with van der Waals surface area (Å²) in [6.07, 6.45) is 7.13. The molecular weight excluding hydrogens is 282 g/mol. The van der Waals surface area contributed by atoms with Crippen molar-refractivity contribution in [1.29, 1.82) is 0 Å². The highest BCUT2D eigenvalue weighted by molar-refractivity contribution is 5.79. The Hall–Kier alpha value is -1.40. The lowest BCUT2D eigenvalue weighted by Crippen LogP contribution is -2.52. The van der Waals surface area contributed by atoms with Crippen LogP contribution in [0, 0.1) is 5.92 Å². The van der Waals surface area contributed by atoms with Crippen molar-refractivity contribution in [2.45, 2.75) is 19.3 Å². The van der Waals surface area contributed by atoms with Gasteiger partial charge in [-0.05, 0) is 19.3 Å². The molecule has 0 aromatic heterocycles. The van der Waals surface area contributed by atoms with Crippen LogP contribution < -0.4 is 5.32 Å². The zero-order valence-corrected chi connectivity index (χ0v) is 13.4. The van der Waals surface area contributed by atoms with Crippen LogP contribution in [0.15, 0.2) is 12.2 Å². The number of allylic oxidation sites excluding steroid dienone is 2. The van der Waals surface area contributed by atoms with E-state index in [4.69, 9.17) is 4.74 Å². The van der Waals surface area contributed by atoms with E-state index >= 15 is 0 Å². The van der Waals surface area contributed by atoms with Gasteiger partial charge >= 0.3 is 0 Å². The first-order valence-electron chi connectivity index (χ1n) is 8.12. The van der Waals surface area contributed by atoms with Gasteiger partial charge in [0, 0.05) is 45.8 Å². The Morgan fingerprint density at radius 1 is 1.23 bits per heavy atom. The zero-order valence-electron chi connectivity index (χ0n) is 13.4. The maximum Gasteiger partial charge on any atom is 0.234 e. The summed E-state index contributed by atoms with van der Waals surface area (Å²) in [5, 5.41) is 2.82. The summed E-state index contributed by atoms with van der Waals surface area (Å²) in [7, 11) is 1.62. The largest absolute Gasteiger partial charge is 0.383 e. The van der Waals surface area contributed by atoms with Gasteiger partial charge in [0.2, 0.25) is 11.8 Å². The number of ether oxygens (including phenoxy) is 1. The molecule has 6 nitrogen and oxygen atoms in total. The van der Waals surface area contributed by atoms with E-state index in [2.05, 4.69) is 22.4 Å². The molecule has 1 unspecified atom stereocenters. The number of rotatable bonds is 6. The molecule has 1 aliphatic heterocycles. The van der Waals surface area contributed by atoms with Crippen molar-refractivity contribution < 1.29 is 14.3 Å². The lowest BCUT2D eigenvalue weighted by molar-refractivity contribution is -0.137. The molecule has 0 aromatic rings. The van der Waals surface area contributed by atoms with E-state index in [1.54, 1.807) is 7.11 Å². The number of nitrogens with zero attached hydrogens (tertiary/aromatic N) is 2. The second kappa shape index (κ2) is 8.90. The molecule has 0 bridgehead atoms. The fraction of sp³-hybridized carbons (Fsp3) is 0.750. The number of piperazine rings is 1. The molecule has 0 spiro atoms. The Morgan fingerprint density at radius 3 is 2.64 bits per heavy atom. The molecular formula is C16H27N3O3. The van der Waals surface area contributed by atoms with E-state index in [1.807, 2.05) is 4.90 Å². The highest BCUT2D eigenvalue weighted by atomic mass is 16.5. The first-order valence-corrected chi connectivity index (χ1v) is 8.12. The van der Waals surface area contributed by atoms with Gasteiger partial charge in [-0.15, -0.1) is 0 Å². The van der Waals surface area contributed by atoms with Gasteiger partial charge in [-0.25, -0.2) is 0 Å². The summed E-state index contributed by atoms with van der Waals surface area (Å²) in [5.74, 6) is 0.469. The summed E-state index contributed by atoms with van der Waals surface area (Å²) in [6.45, 7) is 4.47. The maximum atomic E-state index is 12.4. The molecule has 2 rings (SSSR count). The summed E-state index contributed by atoms with van der Waals surface area (Å²) >= 11 is 0. The number of hydrogen-bond acceptors (Lipinski definition) is 4. The van der Waals surface area contributed by atoms with Gasteiger partial charge in [-0.2, -0.15) is 0 Å².